The molecule has 0 radical (unpaired) electrons. The van der Waals surface area contributed by atoms with Crippen LogP contribution in [0.3, 0.4) is 0 Å². The van der Waals surface area contributed by atoms with E-state index in [1.807, 2.05) is 7.05 Å². The summed E-state index contributed by atoms with van der Waals surface area (Å²) in [6.07, 6.45) is 5.77. The minimum atomic E-state index is 0.520. The molecule has 4 bridgehead atoms. The summed E-state index contributed by atoms with van der Waals surface area (Å²) in [5.41, 5.74) is 1.17. The van der Waals surface area contributed by atoms with E-state index < -0.39 is 0 Å². The van der Waals surface area contributed by atoms with Crippen LogP contribution in [0.4, 0.5) is 0 Å². The third kappa shape index (κ3) is 1.47. The Kier molecular flexibility index (Phi) is 2.47. The summed E-state index contributed by atoms with van der Waals surface area (Å²) < 4.78 is 0. The first-order chi connectivity index (χ1) is 7.89. The molecule has 1 heteroatoms. The van der Waals surface area contributed by atoms with Crippen molar-refractivity contribution in [1.29, 1.82) is 0 Å². The van der Waals surface area contributed by atoms with Crippen LogP contribution in [0.5, 0.6) is 0 Å². The quantitative estimate of drug-likeness (QED) is 0.669. The number of hydrogen-bond donors (Lipinski definition) is 0. The number of rotatable bonds is 2. The molecule has 6 atom stereocenters. The van der Waals surface area contributed by atoms with Gasteiger partial charge >= 0.3 is 0 Å². The molecule has 0 amide bonds. The predicted molar refractivity (Wildman–Crippen MR) is 73.1 cm³/mol. The summed E-state index contributed by atoms with van der Waals surface area (Å²) in [5, 5.41) is 4.70. The fraction of sp³-hybridized carbons (Fsp3) is 1.00. The topological polar surface area (TPSA) is 14.1 Å². The molecule has 0 N–H and O–H groups in total. The molecule has 4 rings (SSSR count). The predicted octanol–water partition coefficient (Wildman–Crippen LogP) is 4.48. The lowest BCUT2D eigenvalue weighted by molar-refractivity contribution is -0.0516. The van der Waals surface area contributed by atoms with Crippen LogP contribution in [0.25, 0.3) is 5.32 Å². The maximum Gasteiger partial charge on any atom is -0.0288 e. The minimum absolute atomic E-state index is 0.520. The molecule has 0 aliphatic heterocycles. The van der Waals surface area contributed by atoms with Crippen molar-refractivity contribution in [3.8, 4) is 0 Å². The summed E-state index contributed by atoms with van der Waals surface area (Å²) in [7, 11) is 2.04. The van der Waals surface area contributed by atoms with Gasteiger partial charge in [-0.15, -0.1) is 6.04 Å². The molecule has 1 nitrogen and oxygen atoms in total. The summed E-state index contributed by atoms with van der Waals surface area (Å²) in [6.45, 7) is 9.98. The van der Waals surface area contributed by atoms with E-state index in [1.165, 1.54) is 25.7 Å². The zero-order valence-corrected chi connectivity index (χ0v) is 12.2. The van der Waals surface area contributed by atoms with Crippen LogP contribution < -0.4 is 0 Å². The first-order valence-electron chi connectivity index (χ1n) is 7.48. The highest BCUT2D eigenvalue weighted by Crippen LogP contribution is 2.70. The van der Waals surface area contributed by atoms with Crippen LogP contribution in [0.15, 0.2) is 0 Å². The highest BCUT2D eigenvalue weighted by atomic mass is 14.9. The molecule has 0 aromatic carbocycles. The normalized spacial score (nSPS) is 56.8. The van der Waals surface area contributed by atoms with Gasteiger partial charge in [-0.2, -0.15) is 7.05 Å². The third-order valence-corrected chi connectivity index (χ3v) is 6.62. The maximum absolute atomic E-state index is 4.70. The van der Waals surface area contributed by atoms with Gasteiger partial charge in [-0.05, 0) is 53.8 Å². The van der Waals surface area contributed by atoms with Crippen molar-refractivity contribution in [2.24, 2.45) is 34.5 Å². The molecule has 0 spiro atoms. The van der Waals surface area contributed by atoms with Gasteiger partial charge in [-0.1, -0.05) is 34.1 Å². The van der Waals surface area contributed by atoms with Crippen LogP contribution >= 0.6 is 0 Å². The van der Waals surface area contributed by atoms with Crippen LogP contribution in [0.2, 0.25) is 0 Å². The van der Waals surface area contributed by atoms with Crippen LogP contribution in [0, 0.1) is 34.5 Å². The Morgan fingerprint density at radius 2 is 1.82 bits per heavy atom. The SMILES string of the molecule is C[N-][C@H]1C[C@@H]2C3CC1(C)CC2(C)CC3C(C)C. The zero-order valence-electron chi connectivity index (χ0n) is 12.2. The Bertz CT molecular complexity index is 323. The summed E-state index contributed by atoms with van der Waals surface area (Å²) in [4.78, 5) is 0. The maximum atomic E-state index is 4.70. The van der Waals surface area contributed by atoms with Gasteiger partial charge in [-0.25, -0.2) is 0 Å². The largest absolute Gasteiger partial charge is 0.662 e. The average Bonchev–Trinajstić information content (AvgIpc) is 2.43. The molecule has 4 unspecified atom stereocenters. The fourth-order valence-electron chi connectivity index (χ4n) is 6.07. The molecule has 0 aromatic rings. The van der Waals surface area contributed by atoms with E-state index >= 15 is 0 Å². The van der Waals surface area contributed by atoms with Crippen LogP contribution in [-0.2, 0) is 0 Å². The third-order valence-electron chi connectivity index (χ3n) is 6.62. The van der Waals surface area contributed by atoms with Gasteiger partial charge < -0.3 is 5.32 Å². The minimum Gasteiger partial charge on any atom is -0.662 e. The van der Waals surface area contributed by atoms with E-state index in [9.17, 15) is 0 Å². The second-order valence-corrected chi connectivity index (χ2v) is 8.08. The molecule has 0 aromatic heterocycles. The Hall–Kier alpha value is -0.0400. The van der Waals surface area contributed by atoms with Crippen LogP contribution in [0.1, 0.15) is 53.4 Å². The van der Waals surface area contributed by atoms with Crippen molar-refractivity contribution in [3.63, 3.8) is 0 Å². The van der Waals surface area contributed by atoms with Crippen molar-refractivity contribution in [2.45, 2.75) is 59.4 Å². The number of fused-ring (bicyclic) bond motifs is 1. The second kappa shape index (κ2) is 3.50. The lowest BCUT2D eigenvalue weighted by Gasteiger charge is -2.63. The first-order valence-corrected chi connectivity index (χ1v) is 7.48. The summed E-state index contributed by atoms with van der Waals surface area (Å²) in [6, 6.07) is 0.655. The molecule has 4 aliphatic rings. The Balaban J connectivity index is 1.94. The highest BCUT2D eigenvalue weighted by Gasteiger charge is 2.62. The van der Waals surface area contributed by atoms with Gasteiger partial charge in [0.25, 0.3) is 0 Å². The first kappa shape index (κ1) is 12.0. The van der Waals surface area contributed by atoms with E-state index in [-0.39, 0.29) is 0 Å². The monoisotopic (exact) mass is 234 g/mol. The highest BCUT2D eigenvalue weighted by molar-refractivity contribution is 5.18. The molecule has 0 heterocycles. The molecule has 98 valence electrons. The summed E-state index contributed by atoms with van der Waals surface area (Å²) >= 11 is 0. The van der Waals surface area contributed by atoms with Crippen LogP contribution in [-0.4, -0.2) is 13.1 Å². The zero-order chi connectivity index (χ0) is 12.4. The van der Waals surface area contributed by atoms with Crippen molar-refractivity contribution >= 4 is 0 Å². The van der Waals surface area contributed by atoms with Crippen molar-refractivity contribution in [1.82, 2.24) is 0 Å². The van der Waals surface area contributed by atoms with E-state index in [4.69, 9.17) is 5.32 Å². The Morgan fingerprint density at radius 1 is 1.12 bits per heavy atom. The molecule has 4 saturated carbocycles. The lowest BCUT2D eigenvalue weighted by atomic mass is 9.49. The molecule has 4 fully saturated rings. The van der Waals surface area contributed by atoms with Gasteiger partial charge in [0.05, 0.1) is 0 Å². The summed E-state index contributed by atoms with van der Waals surface area (Å²) in [5.74, 6) is 3.86. The Labute approximate surface area is 107 Å². The van der Waals surface area contributed by atoms with E-state index in [1.54, 1.807) is 0 Å². The van der Waals surface area contributed by atoms with Gasteiger partial charge in [-0.3, -0.25) is 0 Å². The molecule has 17 heavy (non-hydrogen) atoms. The Morgan fingerprint density at radius 3 is 2.35 bits per heavy atom. The number of hydrogen-bond acceptors (Lipinski definition) is 0. The molecule has 4 aliphatic carbocycles. The van der Waals surface area contributed by atoms with E-state index in [2.05, 4.69) is 27.7 Å². The second-order valence-electron chi connectivity index (χ2n) is 8.08. The fourth-order valence-corrected chi connectivity index (χ4v) is 6.07. The lowest BCUT2D eigenvalue weighted by Crippen LogP contribution is -2.53. The number of nitrogens with zero attached hydrogens (tertiary/aromatic N) is 1. The molecular weight excluding hydrogens is 206 g/mol. The van der Waals surface area contributed by atoms with Gasteiger partial charge in [0.2, 0.25) is 0 Å². The van der Waals surface area contributed by atoms with Crippen molar-refractivity contribution < 1.29 is 0 Å². The van der Waals surface area contributed by atoms with E-state index in [0.717, 1.165) is 23.7 Å². The van der Waals surface area contributed by atoms with Crippen molar-refractivity contribution in [2.75, 3.05) is 7.05 Å². The standard InChI is InChI=1S/C16H28N/c1-10(2)11-7-15(3)9-16(4)8-12(11)13(15)6-14(16)17-5/h10-14H,6-9H2,1-5H3/q-1/t11?,12?,13-,14+,15?,16?/m1/s1. The molecular formula is C16H28N-. The van der Waals surface area contributed by atoms with E-state index in [0.29, 0.717) is 16.9 Å². The smallest absolute Gasteiger partial charge is 0.0288 e. The molecule has 0 saturated heterocycles. The van der Waals surface area contributed by atoms with Gasteiger partial charge in [0, 0.05) is 0 Å². The van der Waals surface area contributed by atoms with Gasteiger partial charge in [0.1, 0.15) is 0 Å². The van der Waals surface area contributed by atoms with Gasteiger partial charge in [0.15, 0.2) is 0 Å². The van der Waals surface area contributed by atoms with Crippen molar-refractivity contribution in [3.05, 3.63) is 5.32 Å². The average molecular weight is 234 g/mol.